The fourth-order valence-corrected chi connectivity index (χ4v) is 2.91. The van der Waals surface area contributed by atoms with E-state index in [2.05, 4.69) is 55.6 Å². The van der Waals surface area contributed by atoms with Gasteiger partial charge in [-0.3, -0.25) is 0 Å². The van der Waals surface area contributed by atoms with Crippen molar-refractivity contribution in [2.24, 2.45) is 0 Å². The number of fused-ring (bicyclic) bond motifs is 1. The van der Waals surface area contributed by atoms with Crippen LogP contribution in [0.2, 0.25) is 0 Å². The van der Waals surface area contributed by atoms with Gasteiger partial charge in [0.1, 0.15) is 5.75 Å². The van der Waals surface area contributed by atoms with Gasteiger partial charge in [0.15, 0.2) is 0 Å². The Labute approximate surface area is 141 Å². The molecule has 0 radical (unpaired) electrons. The summed E-state index contributed by atoms with van der Waals surface area (Å²) in [5, 5.41) is 6.20. The van der Waals surface area contributed by atoms with Gasteiger partial charge in [-0.15, -0.1) is 0 Å². The van der Waals surface area contributed by atoms with Crippen LogP contribution in [0.15, 0.2) is 36.4 Å². The highest BCUT2D eigenvalue weighted by Gasteiger charge is 2.08. The van der Waals surface area contributed by atoms with E-state index in [0.717, 1.165) is 31.9 Å². The molecule has 0 unspecified atom stereocenters. The van der Waals surface area contributed by atoms with Crippen LogP contribution in [0, 0.1) is 0 Å². The lowest BCUT2D eigenvalue weighted by molar-refractivity contribution is 0.314. The van der Waals surface area contributed by atoms with Crippen molar-refractivity contribution in [2.45, 2.75) is 58.9 Å². The summed E-state index contributed by atoms with van der Waals surface area (Å²) in [6.07, 6.45) is 7.65. The molecule has 23 heavy (non-hydrogen) atoms. The predicted octanol–water partition coefficient (Wildman–Crippen LogP) is 5.69. The molecule has 1 N–H and O–H groups in total. The molecule has 2 aromatic carbocycles. The molecule has 2 nitrogen and oxygen atoms in total. The summed E-state index contributed by atoms with van der Waals surface area (Å²) < 4.78 is 5.96. The van der Waals surface area contributed by atoms with Crippen LogP contribution < -0.4 is 10.1 Å². The van der Waals surface area contributed by atoms with Crippen LogP contribution in [0.3, 0.4) is 0 Å². The van der Waals surface area contributed by atoms with Crippen LogP contribution in [0.1, 0.15) is 57.9 Å². The number of benzene rings is 2. The van der Waals surface area contributed by atoms with Gasteiger partial charge in [0.2, 0.25) is 0 Å². The van der Waals surface area contributed by atoms with Gasteiger partial charge in [0.25, 0.3) is 0 Å². The largest absolute Gasteiger partial charge is 0.493 e. The molecule has 0 heterocycles. The van der Waals surface area contributed by atoms with Crippen molar-refractivity contribution in [1.29, 1.82) is 0 Å². The Morgan fingerprint density at radius 3 is 2.52 bits per heavy atom. The van der Waals surface area contributed by atoms with E-state index in [1.165, 1.54) is 48.4 Å². The van der Waals surface area contributed by atoms with E-state index in [1.807, 2.05) is 0 Å². The van der Waals surface area contributed by atoms with Gasteiger partial charge in [-0.25, -0.2) is 0 Å². The molecule has 0 spiro atoms. The summed E-state index contributed by atoms with van der Waals surface area (Å²) in [5.41, 5.74) is 1.30. The number of nitrogens with one attached hydrogen (secondary N) is 1. The fourth-order valence-electron chi connectivity index (χ4n) is 2.91. The topological polar surface area (TPSA) is 21.3 Å². The highest BCUT2D eigenvalue weighted by atomic mass is 16.5. The second-order valence-electron chi connectivity index (χ2n) is 6.20. The zero-order chi connectivity index (χ0) is 16.3. The van der Waals surface area contributed by atoms with E-state index in [0.29, 0.717) is 0 Å². The predicted molar refractivity (Wildman–Crippen MR) is 100 cm³/mol. The van der Waals surface area contributed by atoms with E-state index in [-0.39, 0.29) is 0 Å². The monoisotopic (exact) mass is 313 g/mol. The minimum absolute atomic E-state index is 0.780. The maximum Gasteiger partial charge on any atom is 0.124 e. The zero-order valence-corrected chi connectivity index (χ0v) is 14.7. The molecule has 0 aliphatic heterocycles. The van der Waals surface area contributed by atoms with Crippen LogP contribution in [0.5, 0.6) is 5.75 Å². The van der Waals surface area contributed by atoms with E-state index >= 15 is 0 Å². The molecule has 0 amide bonds. The molecule has 126 valence electrons. The SMILES string of the molecule is CCCCCCCNCc1c(OCCC)ccc2ccccc12. The molecule has 0 atom stereocenters. The molecule has 2 rings (SSSR count). The molecular weight excluding hydrogens is 282 g/mol. The van der Waals surface area contributed by atoms with Crippen molar-refractivity contribution in [1.82, 2.24) is 5.32 Å². The lowest BCUT2D eigenvalue weighted by atomic mass is 10.0. The molecule has 0 aliphatic rings. The lowest BCUT2D eigenvalue weighted by Gasteiger charge is -2.15. The third-order valence-electron chi connectivity index (χ3n) is 4.22. The van der Waals surface area contributed by atoms with Crippen molar-refractivity contribution in [3.63, 3.8) is 0 Å². The zero-order valence-electron chi connectivity index (χ0n) is 14.7. The molecule has 2 aromatic rings. The van der Waals surface area contributed by atoms with Crippen LogP contribution in [-0.4, -0.2) is 13.2 Å². The van der Waals surface area contributed by atoms with Crippen molar-refractivity contribution in [2.75, 3.05) is 13.2 Å². The van der Waals surface area contributed by atoms with Gasteiger partial charge in [0, 0.05) is 12.1 Å². The fraction of sp³-hybridized carbons (Fsp3) is 0.524. The highest BCUT2D eigenvalue weighted by Crippen LogP contribution is 2.28. The molecular formula is C21H31NO. The van der Waals surface area contributed by atoms with Crippen LogP contribution in [0.4, 0.5) is 0 Å². The summed E-state index contributed by atoms with van der Waals surface area (Å²) in [4.78, 5) is 0. The van der Waals surface area contributed by atoms with Gasteiger partial charge in [-0.05, 0) is 36.2 Å². The Balaban J connectivity index is 1.98. The first-order valence-electron chi connectivity index (χ1n) is 9.21. The Hall–Kier alpha value is -1.54. The highest BCUT2D eigenvalue weighted by molar-refractivity contribution is 5.87. The Kier molecular flexibility index (Phi) is 7.96. The number of ether oxygens (including phenoxy) is 1. The van der Waals surface area contributed by atoms with Gasteiger partial charge in [0.05, 0.1) is 6.61 Å². The Morgan fingerprint density at radius 2 is 1.70 bits per heavy atom. The maximum absolute atomic E-state index is 5.96. The van der Waals surface area contributed by atoms with Crippen molar-refractivity contribution >= 4 is 10.8 Å². The summed E-state index contributed by atoms with van der Waals surface area (Å²) >= 11 is 0. The number of hydrogen-bond acceptors (Lipinski definition) is 2. The van der Waals surface area contributed by atoms with Crippen molar-refractivity contribution < 1.29 is 4.74 Å². The summed E-state index contributed by atoms with van der Waals surface area (Å²) in [6, 6.07) is 12.9. The Morgan fingerprint density at radius 1 is 0.870 bits per heavy atom. The molecule has 0 saturated carbocycles. The summed E-state index contributed by atoms with van der Waals surface area (Å²) in [7, 11) is 0. The van der Waals surface area contributed by atoms with Gasteiger partial charge in [-0.2, -0.15) is 0 Å². The quantitative estimate of drug-likeness (QED) is 0.538. The standard InChI is InChI=1S/C21H31NO/c1-3-5-6-7-10-15-22-17-20-19-12-9-8-11-18(19)13-14-21(20)23-16-4-2/h8-9,11-14,22H,3-7,10,15-17H2,1-2H3. The molecule has 0 aliphatic carbocycles. The Bertz CT molecular complexity index is 579. The van der Waals surface area contributed by atoms with Crippen LogP contribution in [0.25, 0.3) is 10.8 Å². The average molecular weight is 313 g/mol. The second-order valence-corrected chi connectivity index (χ2v) is 6.20. The van der Waals surface area contributed by atoms with Gasteiger partial charge in [-0.1, -0.05) is 69.9 Å². The lowest BCUT2D eigenvalue weighted by Crippen LogP contribution is -2.16. The molecule has 0 aromatic heterocycles. The first-order chi connectivity index (χ1) is 11.4. The number of rotatable bonds is 11. The normalized spacial score (nSPS) is 11.0. The average Bonchev–Trinajstić information content (AvgIpc) is 2.59. The van der Waals surface area contributed by atoms with E-state index in [9.17, 15) is 0 Å². The van der Waals surface area contributed by atoms with Gasteiger partial charge >= 0.3 is 0 Å². The third-order valence-corrected chi connectivity index (χ3v) is 4.22. The second kappa shape index (κ2) is 10.3. The number of hydrogen-bond donors (Lipinski definition) is 1. The maximum atomic E-state index is 5.96. The van der Waals surface area contributed by atoms with E-state index < -0.39 is 0 Å². The first kappa shape index (κ1) is 17.8. The van der Waals surface area contributed by atoms with Crippen molar-refractivity contribution in [3.05, 3.63) is 42.0 Å². The first-order valence-corrected chi connectivity index (χ1v) is 9.21. The smallest absolute Gasteiger partial charge is 0.124 e. The summed E-state index contributed by atoms with van der Waals surface area (Å²) in [6.45, 7) is 7.16. The van der Waals surface area contributed by atoms with Gasteiger partial charge < -0.3 is 10.1 Å². The minimum atomic E-state index is 0.780. The molecule has 2 heteroatoms. The van der Waals surface area contributed by atoms with E-state index in [4.69, 9.17) is 4.74 Å². The van der Waals surface area contributed by atoms with Crippen molar-refractivity contribution in [3.8, 4) is 5.75 Å². The molecule has 0 fully saturated rings. The third kappa shape index (κ3) is 5.54. The molecule has 0 saturated heterocycles. The van der Waals surface area contributed by atoms with Crippen LogP contribution in [-0.2, 0) is 6.54 Å². The minimum Gasteiger partial charge on any atom is -0.493 e. The van der Waals surface area contributed by atoms with Crippen LogP contribution >= 0.6 is 0 Å². The number of unbranched alkanes of at least 4 members (excludes halogenated alkanes) is 4. The summed E-state index contributed by atoms with van der Waals surface area (Å²) in [5.74, 6) is 1.03. The molecule has 0 bridgehead atoms. The van der Waals surface area contributed by atoms with E-state index in [1.54, 1.807) is 0 Å².